The predicted octanol–water partition coefficient (Wildman–Crippen LogP) is 5.84. The molecule has 0 aliphatic rings. The molecule has 0 radical (unpaired) electrons. The molecule has 1 unspecified atom stereocenters. The lowest BCUT2D eigenvalue weighted by atomic mass is 10.1. The second-order valence-electron chi connectivity index (χ2n) is 7.88. The van der Waals surface area contributed by atoms with E-state index in [4.69, 9.17) is 32.7 Å². The van der Waals surface area contributed by atoms with E-state index < -0.39 is 28.5 Å². The van der Waals surface area contributed by atoms with E-state index in [0.29, 0.717) is 27.1 Å². The highest BCUT2D eigenvalue weighted by atomic mass is 79.9. The summed E-state index contributed by atoms with van der Waals surface area (Å²) in [7, 11) is -0.950. The Morgan fingerprint density at radius 2 is 1.64 bits per heavy atom. The highest BCUT2D eigenvalue weighted by molar-refractivity contribution is 9.10. The first kappa shape index (κ1) is 28.3. The third-order valence-electron chi connectivity index (χ3n) is 5.40. The van der Waals surface area contributed by atoms with Gasteiger partial charge in [0.15, 0.2) is 11.5 Å². The summed E-state index contributed by atoms with van der Waals surface area (Å²) in [6.45, 7) is 1.31. The number of sulfonamides is 1. The Labute approximate surface area is 229 Å². The van der Waals surface area contributed by atoms with Crippen LogP contribution in [0.5, 0.6) is 11.5 Å². The molecule has 0 bridgehead atoms. The van der Waals surface area contributed by atoms with Crippen LogP contribution in [0.15, 0.2) is 70.0 Å². The van der Waals surface area contributed by atoms with Crippen LogP contribution in [0.4, 0.5) is 0 Å². The molecule has 36 heavy (non-hydrogen) atoms. The quantitative estimate of drug-likeness (QED) is 0.310. The molecule has 0 aliphatic heterocycles. The first-order valence-corrected chi connectivity index (χ1v) is 13.7. The molecule has 1 atom stereocenters. The zero-order valence-corrected chi connectivity index (χ0v) is 23.7. The zero-order chi connectivity index (χ0) is 26.5. The number of carbonyl (C=O) groups is 1. The van der Waals surface area contributed by atoms with E-state index in [1.807, 2.05) is 0 Å². The third kappa shape index (κ3) is 6.92. The number of nitrogens with one attached hydrogen (secondary N) is 1. The lowest BCUT2D eigenvalue weighted by Gasteiger charge is -2.24. The van der Waals surface area contributed by atoms with E-state index >= 15 is 0 Å². The van der Waals surface area contributed by atoms with Gasteiger partial charge in [-0.3, -0.25) is 4.79 Å². The van der Waals surface area contributed by atoms with Crippen molar-refractivity contribution in [1.29, 1.82) is 0 Å². The van der Waals surface area contributed by atoms with Gasteiger partial charge in [-0.25, -0.2) is 8.42 Å². The fourth-order valence-corrected chi connectivity index (χ4v) is 5.45. The molecule has 3 rings (SSSR count). The van der Waals surface area contributed by atoms with Crippen LogP contribution in [-0.2, 0) is 21.4 Å². The van der Waals surface area contributed by atoms with Gasteiger partial charge in [-0.05, 0) is 66.6 Å². The van der Waals surface area contributed by atoms with Crippen LogP contribution in [0.1, 0.15) is 24.1 Å². The first-order chi connectivity index (χ1) is 17.0. The number of nitrogens with zero attached hydrogens (tertiary/aromatic N) is 1. The molecule has 0 saturated heterocycles. The van der Waals surface area contributed by atoms with Crippen molar-refractivity contribution in [2.45, 2.75) is 24.4 Å². The van der Waals surface area contributed by atoms with Crippen LogP contribution >= 0.6 is 39.1 Å². The lowest BCUT2D eigenvalue weighted by molar-refractivity contribution is -0.122. The summed E-state index contributed by atoms with van der Waals surface area (Å²) in [6.07, 6.45) is 0. The van der Waals surface area contributed by atoms with Crippen molar-refractivity contribution in [1.82, 2.24) is 9.62 Å². The normalized spacial score (nSPS) is 12.3. The summed E-state index contributed by atoms with van der Waals surface area (Å²) in [6, 6.07) is 15.9. The van der Waals surface area contributed by atoms with Gasteiger partial charge in [0.05, 0.1) is 41.7 Å². The van der Waals surface area contributed by atoms with Gasteiger partial charge < -0.3 is 14.8 Å². The van der Waals surface area contributed by atoms with Gasteiger partial charge in [-0.1, -0.05) is 51.3 Å². The first-order valence-electron chi connectivity index (χ1n) is 10.8. The number of hydrogen-bond acceptors (Lipinski definition) is 5. The number of carbonyl (C=O) groups excluding carboxylic acids is 1. The summed E-state index contributed by atoms with van der Waals surface area (Å²) in [4.78, 5) is 13.1. The van der Waals surface area contributed by atoms with E-state index in [-0.39, 0.29) is 11.4 Å². The summed E-state index contributed by atoms with van der Waals surface area (Å²) in [5.41, 5.74) is 1.36. The van der Waals surface area contributed by atoms with Crippen LogP contribution in [0.3, 0.4) is 0 Å². The fourth-order valence-electron chi connectivity index (χ4n) is 3.48. The molecule has 0 spiro atoms. The second-order valence-corrected chi connectivity index (χ2v) is 11.5. The van der Waals surface area contributed by atoms with Crippen molar-refractivity contribution in [3.05, 3.63) is 86.3 Å². The molecule has 0 aliphatic carbocycles. The van der Waals surface area contributed by atoms with Crippen LogP contribution in [0, 0.1) is 0 Å². The van der Waals surface area contributed by atoms with Gasteiger partial charge in [0, 0.05) is 11.0 Å². The minimum absolute atomic E-state index is 0.0616. The fraction of sp³-hybridized carbons (Fsp3) is 0.240. The zero-order valence-electron chi connectivity index (χ0n) is 19.8. The summed E-state index contributed by atoms with van der Waals surface area (Å²) >= 11 is 15.5. The van der Waals surface area contributed by atoms with Gasteiger partial charge in [-0.15, -0.1) is 0 Å². The molecule has 3 aromatic rings. The van der Waals surface area contributed by atoms with Gasteiger partial charge in [-0.2, -0.15) is 4.31 Å². The van der Waals surface area contributed by atoms with E-state index in [0.717, 1.165) is 14.3 Å². The molecule has 7 nitrogen and oxygen atoms in total. The van der Waals surface area contributed by atoms with Gasteiger partial charge in [0.2, 0.25) is 15.9 Å². The van der Waals surface area contributed by atoms with Gasteiger partial charge >= 0.3 is 0 Å². The number of rotatable bonds is 10. The number of amides is 1. The molecule has 1 N–H and O–H groups in total. The van der Waals surface area contributed by atoms with Crippen LogP contribution in [-0.4, -0.2) is 39.4 Å². The van der Waals surface area contributed by atoms with Crippen molar-refractivity contribution >= 4 is 55.1 Å². The standard InChI is InChI=1S/C25H25BrCl2N2O5S/c1-16(18-5-11-23(34-2)24(13-18)35-3)29-25(31)15-30(14-17-4-10-21(27)22(28)12-17)36(32,33)20-8-6-19(26)7-9-20/h4-13,16H,14-15H2,1-3H3,(H,29,31). The summed E-state index contributed by atoms with van der Waals surface area (Å²) in [5.74, 6) is 0.612. The molecule has 0 fully saturated rings. The summed E-state index contributed by atoms with van der Waals surface area (Å²) < 4.78 is 39.4. The maximum Gasteiger partial charge on any atom is 0.243 e. The second kappa shape index (κ2) is 12.3. The Hall–Kier alpha value is -2.30. The highest BCUT2D eigenvalue weighted by Gasteiger charge is 2.28. The minimum atomic E-state index is -4.02. The molecular weight excluding hydrogens is 591 g/mol. The van der Waals surface area contributed by atoms with E-state index in [2.05, 4.69) is 21.2 Å². The SMILES string of the molecule is COc1ccc(C(C)NC(=O)CN(Cc2ccc(Cl)c(Cl)c2)S(=O)(=O)c2ccc(Br)cc2)cc1OC. The number of benzene rings is 3. The van der Waals surface area contributed by atoms with Crippen LogP contribution in [0.25, 0.3) is 0 Å². The molecule has 0 aromatic heterocycles. The third-order valence-corrected chi connectivity index (χ3v) is 8.47. The number of halogens is 3. The smallest absolute Gasteiger partial charge is 0.243 e. The summed E-state index contributed by atoms with van der Waals surface area (Å²) in [5, 5.41) is 3.50. The van der Waals surface area contributed by atoms with Crippen LogP contribution in [0.2, 0.25) is 10.0 Å². The topological polar surface area (TPSA) is 84.9 Å². The average Bonchev–Trinajstić information content (AvgIpc) is 2.85. The van der Waals surface area contributed by atoms with Crippen molar-refractivity contribution in [2.75, 3.05) is 20.8 Å². The monoisotopic (exact) mass is 614 g/mol. The largest absolute Gasteiger partial charge is 0.493 e. The van der Waals surface area contributed by atoms with Crippen molar-refractivity contribution < 1.29 is 22.7 Å². The number of hydrogen-bond donors (Lipinski definition) is 1. The molecular formula is C25H25BrCl2N2O5S. The van der Waals surface area contributed by atoms with Crippen LogP contribution < -0.4 is 14.8 Å². The maximum atomic E-state index is 13.5. The Bertz CT molecular complexity index is 1340. The van der Waals surface area contributed by atoms with Crippen molar-refractivity contribution in [3.8, 4) is 11.5 Å². The Morgan fingerprint density at radius 1 is 0.972 bits per heavy atom. The molecule has 0 saturated carbocycles. The van der Waals surface area contributed by atoms with Crippen molar-refractivity contribution in [3.63, 3.8) is 0 Å². The Kier molecular flexibility index (Phi) is 9.66. The van der Waals surface area contributed by atoms with Gasteiger partial charge in [0.1, 0.15) is 0 Å². The number of ether oxygens (including phenoxy) is 2. The Balaban J connectivity index is 1.85. The van der Waals surface area contributed by atoms with E-state index in [9.17, 15) is 13.2 Å². The lowest BCUT2D eigenvalue weighted by Crippen LogP contribution is -2.41. The molecule has 192 valence electrons. The average molecular weight is 616 g/mol. The number of methoxy groups -OCH3 is 2. The maximum absolute atomic E-state index is 13.5. The van der Waals surface area contributed by atoms with E-state index in [1.165, 1.54) is 26.4 Å². The van der Waals surface area contributed by atoms with Crippen molar-refractivity contribution in [2.24, 2.45) is 0 Å². The molecule has 3 aromatic carbocycles. The minimum Gasteiger partial charge on any atom is -0.493 e. The molecule has 0 heterocycles. The molecule has 1 amide bonds. The predicted molar refractivity (Wildman–Crippen MR) is 144 cm³/mol. The Morgan fingerprint density at radius 3 is 2.25 bits per heavy atom. The van der Waals surface area contributed by atoms with E-state index in [1.54, 1.807) is 55.5 Å². The molecule has 11 heteroatoms. The van der Waals surface area contributed by atoms with Gasteiger partial charge in [0.25, 0.3) is 0 Å². The highest BCUT2D eigenvalue weighted by Crippen LogP contribution is 2.30.